The van der Waals surface area contributed by atoms with Gasteiger partial charge in [-0.25, -0.2) is 9.78 Å². The number of carbonyl (C=O) groups excluding carboxylic acids is 1. The molecule has 2 heterocycles. The van der Waals surface area contributed by atoms with E-state index in [0.29, 0.717) is 23.6 Å². The van der Waals surface area contributed by atoms with Gasteiger partial charge in [-0.05, 0) is 31.6 Å². The van der Waals surface area contributed by atoms with E-state index in [1.54, 1.807) is 6.07 Å². The lowest BCUT2D eigenvalue weighted by Crippen LogP contribution is -2.44. The van der Waals surface area contributed by atoms with Gasteiger partial charge in [0, 0.05) is 11.8 Å². The Kier molecular flexibility index (Phi) is 6.68. The zero-order valence-electron chi connectivity index (χ0n) is 15.9. The van der Waals surface area contributed by atoms with Crippen molar-refractivity contribution in [2.24, 2.45) is 0 Å². The first-order valence-corrected chi connectivity index (χ1v) is 10.3. The molecule has 2 aromatic rings. The maximum Gasteiger partial charge on any atom is 0.326 e. The van der Waals surface area contributed by atoms with Crippen molar-refractivity contribution in [2.45, 2.75) is 25.8 Å². The van der Waals surface area contributed by atoms with Crippen LogP contribution in [-0.4, -0.2) is 54.9 Å². The number of thioether (sulfide) groups is 1. The van der Waals surface area contributed by atoms with Crippen LogP contribution >= 0.6 is 24.0 Å². The quantitative estimate of drug-likeness (QED) is 0.466. The minimum atomic E-state index is -1.34. The number of carboxylic acid groups (broad SMARTS) is 2. The molecule has 1 fully saturated rings. The third kappa shape index (κ3) is 4.60. The van der Waals surface area contributed by atoms with Crippen LogP contribution in [0.3, 0.4) is 0 Å². The van der Waals surface area contributed by atoms with E-state index in [2.05, 4.69) is 4.98 Å². The predicted molar refractivity (Wildman–Crippen MR) is 116 cm³/mol. The molecule has 8 nitrogen and oxygen atoms in total. The smallest absolute Gasteiger partial charge is 0.326 e. The van der Waals surface area contributed by atoms with E-state index in [4.69, 9.17) is 22.1 Å². The van der Waals surface area contributed by atoms with E-state index >= 15 is 0 Å². The molecular weight excluding hydrogens is 428 g/mol. The number of fused-ring (bicyclic) bond motifs is 1. The SMILES string of the molecule is CCOc1cccc2ccc(/C=C3\SC(=S)N([C@@H](CCC(=O)O)C(=O)O)C3=O)nc12. The van der Waals surface area contributed by atoms with Gasteiger partial charge in [0.1, 0.15) is 21.6 Å². The summed E-state index contributed by atoms with van der Waals surface area (Å²) in [5.41, 5.74) is 1.14. The van der Waals surface area contributed by atoms with Gasteiger partial charge in [0.15, 0.2) is 0 Å². The summed E-state index contributed by atoms with van der Waals surface area (Å²) in [7, 11) is 0. The number of nitrogens with zero attached hydrogens (tertiary/aromatic N) is 2. The zero-order chi connectivity index (χ0) is 21.8. The Morgan fingerprint density at radius 2 is 2.07 bits per heavy atom. The van der Waals surface area contributed by atoms with Gasteiger partial charge < -0.3 is 14.9 Å². The van der Waals surface area contributed by atoms with E-state index in [1.165, 1.54) is 6.08 Å². The molecule has 10 heteroatoms. The summed E-state index contributed by atoms with van der Waals surface area (Å²) < 4.78 is 5.68. The van der Waals surface area contributed by atoms with Gasteiger partial charge in [0.25, 0.3) is 5.91 Å². The third-order valence-electron chi connectivity index (χ3n) is 4.34. The average Bonchev–Trinajstić information content (AvgIpc) is 2.96. The van der Waals surface area contributed by atoms with Crippen molar-refractivity contribution in [3.63, 3.8) is 0 Å². The van der Waals surface area contributed by atoms with Crippen molar-refractivity contribution in [1.29, 1.82) is 0 Å². The Morgan fingerprint density at radius 1 is 1.30 bits per heavy atom. The number of amides is 1. The fraction of sp³-hybridized carbons (Fsp3) is 0.250. The van der Waals surface area contributed by atoms with Gasteiger partial charge in [0.2, 0.25) is 0 Å². The third-order valence-corrected chi connectivity index (χ3v) is 5.67. The van der Waals surface area contributed by atoms with Crippen LogP contribution in [0.1, 0.15) is 25.5 Å². The first kappa shape index (κ1) is 21.7. The lowest BCUT2D eigenvalue weighted by Gasteiger charge is -2.22. The van der Waals surface area contributed by atoms with Crippen molar-refractivity contribution < 1.29 is 29.3 Å². The number of aromatic nitrogens is 1. The number of hydrogen-bond donors (Lipinski definition) is 2. The van der Waals surface area contributed by atoms with Crippen molar-refractivity contribution in [3.05, 3.63) is 40.9 Å². The zero-order valence-corrected chi connectivity index (χ0v) is 17.5. The molecule has 3 rings (SSSR count). The summed E-state index contributed by atoms with van der Waals surface area (Å²) in [6.07, 6.45) is 0.910. The summed E-state index contributed by atoms with van der Waals surface area (Å²) >= 11 is 6.16. The van der Waals surface area contributed by atoms with Crippen molar-refractivity contribution >= 4 is 63.1 Å². The minimum absolute atomic E-state index is 0.0693. The molecular formula is C20H18N2O6S2. The lowest BCUT2D eigenvalue weighted by atomic mass is 10.1. The number of rotatable bonds is 8. The second kappa shape index (κ2) is 9.23. The van der Waals surface area contributed by atoms with Crippen molar-refractivity contribution in [3.8, 4) is 5.75 Å². The summed E-state index contributed by atoms with van der Waals surface area (Å²) in [4.78, 5) is 41.0. The first-order valence-electron chi connectivity index (χ1n) is 9.06. The number of pyridine rings is 1. The molecule has 1 aliphatic rings. The number of aliphatic carboxylic acids is 2. The van der Waals surface area contributed by atoms with Gasteiger partial charge in [0.05, 0.1) is 17.2 Å². The van der Waals surface area contributed by atoms with Gasteiger partial charge in [-0.2, -0.15) is 0 Å². The van der Waals surface area contributed by atoms with Crippen LogP contribution in [0.15, 0.2) is 35.2 Å². The van der Waals surface area contributed by atoms with Crippen LogP contribution in [0.5, 0.6) is 5.75 Å². The van der Waals surface area contributed by atoms with Gasteiger partial charge in [-0.15, -0.1) is 0 Å². The number of para-hydroxylation sites is 1. The van der Waals surface area contributed by atoms with Crippen LogP contribution in [0.25, 0.3) is 17.0 Å². The highest BCUT2D eigenvalue weighted by atomic mass is 32.2. The maximum absolute atomic E-state index is 12.8. The summed E-state index contributed by atoms with van der Waals surface area (Å²) in [5, 5.41) is 19.2. The minimum Gasteiger partial charge on any atom is -0.492 e. The van der Waals surface area contributed by atoms with E-state index in [0.717, 1.165) is 22.0 Å². The molecule has 0 unspecified atom stereocenters. The first-order chi connectivity index (χ1) is 14.3. The normalized spacial score (nSPS) is 16.3. The molecule has 0 spiro atoms. The van der Waals surface area contributed by atoms with E-state index < -0.39 is 23.9 Å². The van der Waals surface area contributed by atoms with Gasteiger partial charge in [-0.1, -0.05) is 42.2 Å². The van der Waals surface area contributed by atoms with Gasteiger partial charge >= 0.3 is 11.9 Å². The molecule has 1 saturated heterocycles. The largest absolute Gasteiger partial charge is 0.492 e. The molecule has 0 radical (unpaired) electrons. The highest BCUT2D eigenvalue weighted by Gasteiger charge is 2.40. The average molecular weight is 447 g/mol. The Hall–Kier alpha value is -2.98. The standard InChI is InChI=1S/C20H18N2O6S2/c1-2-28-14-5-3-4-11-6-7-12(21-17(11)14)10-15-18(25)22(20(29)30-15)13(19(26)27)8-9-16(23)24/h3-7,10,13H,2,8-9H2,1H3,(H,23,24)(H,26,27)/b15-10-/t13-/m0/s1. The number of carboxylic acids is 2. The molecule has 1 amide bonds. The number of benzene rings is 1. The van der Waals surface area contributed by atoms with Crippen LogP contribution < -0.4 is 4.74 Å². The predicted octanol–water partition coefficient (Wildman–Crippen LogP) is 3.15. The molecule has 156 valence electrons. The van der Waals surface area contributed by atoms with Crippen LogP contribution in [0.4, 0.5) is 0 Å². The molecule has 2 N–H and O–H groups in total. The van der Waals surface area contributed by atoms with E-state index in [9.17, 15) is 19.5 Å². The Morgan fingerprint density at radius 3 is 2.73 bits per heavy atom. The fourth-order valence-electron chi connectivity index (χ4n) is 2.99. The Labute approximate surface area is 181 Å². The fourth-order valence-corrected chi connectivity index (χ4v) is 4.33. The molecule has 30 heavy (non-hydrogen) atoms. The molecule has 0 aliphatic carbocycles. The molecule has 0 bridgehead atoms. The molecule has 1 atom stereocenters. The molecule has 0 saturated carbocycles. The molecule has 1 aromatic heterocycles. The number of ether oxygens (including phenoxy) is 1. The van der Waals surface area contributed by atoms with Crippen LogP contribution in [0, 0.1) is 0 Å². The summed E-state index contributed by atoms with van der Waals surface area (Å²) in [5.74, 6) is -2.41. The van der Waals surface area contributed by atoms with Gasteiger partial charge in [-0.3, -0.25) is 14.5 Å². The molecule has 1 aliphatic heterocycles. The van der Waals surface area contributed by atoms with Crippen molar-refractivity contribution in [2.75, 3.05) is 6.61 Å². The summed E-state index contributed by atoms with van der Waals surface area (Å²) in [6, 6.07) is 7.82. The van der Waals surface area contributed by atoms with Crippen LogP contribution in [-0.2, 0) is 14.4 Å². The Balaban J connectivity index is 1.92. The highest BCUT2D eigenvalue weighted by Crippen LogP contribution is 2.35. The second-order valence-electron chi connectivity index (χ2n) is 6.34. The topological polar surface area (TPSA) is 117 Å². The number of hydrogen-bond acceptors (Lipinski definition) is 7. The van der Waals surface area contributed by atoms with E-state index in [1.807, 2.05) is 31.2 Å². The number of thiocarbonyl (C=S) groups is 1. The molecule has 1 aromatic carbocycles. The second-order valence-corrected chi connectivity index (χ2v) is 8.01. The van der Waals surface area contributed by atoms with E-state index in [-0.39, 0.29) is 22.1 Å². The summed E-state index contributed by atoms with van der Waals surface area (Å²) in [6.45, 7) is 2.36. The van der Waals surface area contributed by atoms with Crippen molar-refractivity contribution in [1.82, 2.24) is 9.88 Å². The Bertz CT molecular complexity index is 1070. The number of carbonyl (C=O) groups is 3. The monoisotopic (exact) mass is 446 g/mol. The lowest BCUT2D eigenvalue weighted by molar-refractivity contribution is -0.146. The van der Waals surface area contributed by atoms with Crippen LogP contribution in [0.2, 0.25) is 0 Å². The highest BCUT2D eigenvalue weighted by molar-refractivity contribution is 8.26. The maximum atomic E-state index is 12.8.